The van der Waals surface area contributed by atoms with Gasteiger partial charge in [-0.3, -0.25) is 5.32 Å². The van der Waals surface area contributed by atoms with Gasteiger partial charge in [0.05, 0.1) is 12.1 Å². The van der Waals surface area contributed by atoms with Crippen LogP contribution in [0, 0.1) is 12.3 Å². The van der Waals surface area contributed by atoms with Gasteiger partial charge in [0, 0.05) is 0 Å². The van der Waals surface area contributed by atoms with Crippen LogP contribution in [-0.4, -0.2) is 18.3 Å². The average molecular weight is 165 g/mol. The fourth-order valence-corrected chi connectivity index (χ4v) is 0.372. The lowest BCUT2D eigenvalue weighted by Gasteiger charge is -2.20. The molecule has 0 aliphatic rings. The first-order chi connectivity index (χ1) is 4.77. The highest BCUT2D eigenvalue weighted by atomic mass is 19.4. The third-order valence-corrected chi connectivity index (χ3v) is 1.09. The van der Waals surface area contributed by atoms with Crippen molar-refractivity contribution in [2.75, 3.05) is 6.54 Å². The van der Waals surface area contributed by atoms with E-state index in [2.05, 4.69) is 11.2 Å². The molecule has 0 saturated carbocycles. The molecule has 0 spiro atoms. The van der Waals surface area contributed by atoms with Crippen molar-refractivity contribution in [2.24, 2.45) is 0 Å². The van der Waals surface area contributed by atoms with Crippen LogP contribution in [-0.2, 0) is 0 Å². The molecule has 0 aromatic heterocycles. The predicted molar refractivity (Wildman–Crippen MR) is 37.0 cm³/mol. The highest BCUT2D eigenvalue weighted by Gasteiger charge is 2.29. The van der Waals surface area contributed by atoms with E-state index in [1.165, 1.54) is 13.8 Å². The van der Waals surface area contributed by atoms with Crippen LogP contribution in [0.2, 0.25) is 0 Å². The zero-order valence-electron chi connectivity index (χ0n) is 6.42. The van der Waals surface area contributed by atoms with Gasteiger partial charge in [0.1, 0.15) is 0 Å². The molecule has 0 unspecified atom stereocenters. The minimum Gasteiger partial charge on any atom is -0.293 e. The lowest BCUT2D eigenvalue weighted by molar-refractivity contribution is -0.127. The number of nitrogens with one attached hydrogen (secondary N) is 1. The molecule has 0 atom stereocenters. The van der Waals surface area contributed by atoms with E-state index in [1.807, 2.05) is 0 Å². The summed E-state index contributed by atoms with van der Waals surface area (Å²) >= 11 is 0. The predicted octanol–water partition coefficient (Wildman–Crippen LogP) is 1.55. The maximum atomic E-state index is 11.6. The van der Waals surface area contributed by atoms with Gasteiger partial charge in [-0.15, -0.1) is 6.42 Å². The Labute approximate surface area is 64.0 Å². The summed E-state index contributed by atoms with van der Waals surface area (Å²) in [7, 11) is 0. The van der Waals surface area contributed by atoms with Gasteiger partial charge in [-0.25, -0.2) is 0 Å². The lowest BCUT2D eigenvalue weighted by Crippen LogP contribution is -2.43. The Kier molecular flexibility index (Phi) is 2.94. The number of terminal acetylenes is 1. The fraction of sp³-hybridized carbons (Fsp3) is 0.714. The van der Waals surface area contributed by atoms with Crippen molar-refractivity contribution in [2.45, 2.75) is 25.6 Å². The second-order valence-electron chi connectivity index (χ2n) is 2.74. The van der Waals surface area contributed by atoms with Gasteiger partial charge in [0.15, 0.2) is 0 Å². The Balaban J connectivity index is 3.83. The summed E-state index contributed by atoms with van der Waals surface area (Å²) in [4.78, 5) is 0. The van der Waals surface area contributed by atoms with Crippen LogP contribution in [0.25, 0.3) is 0 Å². The maximum absolute atomic E-state index is 11.6. The van der Waals surface area contributed by atoms with E-state index >= 15 is 0 Å². The Bertz CT molecular complexity index is 164. The van der Waals surface area contributed by atoms with Gasteiger partial charge < -0.3 is 0 Å². The number of hydrogen-bond donors (Lipinski definition) is 1. The highest BCUT2D eigenvalue weighted by Crippen LogP contribution is 2.14. The quantitative estimate of drug-likeness (QED) is 0.612. The molecule has 1 N–H and O–H groups in total. The fourth-order valence-electron chi connectivity index (χ4n) is 0.372. The molecule has 0 rings (SSSR count). The van der Waals surface area contributed by atoms with Crippen LogP contribution < -0.4 is 5.32 Å². The lowest BCUT2D eigenvalue weighted by atomic mass is 10.1. The van der Waals surface area contributed by atoms with E-state index < -0.39 is 18.3 Å². The van der Waals surface area contributed by atoms with E-state index in [-0.39, 0.29) is 0 Å². The summed E-state index contributed by atoms with van der Waals surface area (Å²) in [6.07, 6.45) is 0.756. The molecule has 11 heavy (non-hydrogen) atoms. The van der Waals surface area contributed by atoms with Crippen LogP contribution in [0.5, 0.6) is 0 Å². The first-order valence-electron chi connectivity index (χ1n) is 3.06. The maximum Gasteiger partial charge on any atom is 0.401 e. The van der Waals surface area contributed by atoms with E-state index in [0.717, 1.165) is 0 Å². The van der Waals surface area contributed by atoms with E-state index in [1.54, 1.807) is 0 Å². The van der Waals surface area contributed by atoms with Crippen LogP contribution >= 0.6 is 0 Å². The second-order valence-corrected chi connectivity index (χ2v) is 2.74. The molecule has 0 aliphatic carbocycles. The summed E-state index contributed by atoms with van der Waals surface area (Å²) < 4.78 is 34.8. The summed E-state index contributed by atoms with van der Waals surface area (Å²) in [6.45, 7) is 1.97. The second kappa shape index (κ2) is 3.14. The van der Waals surface area contributed by atoms with Gasteiger partial charge in [-0.2, -0.15) is 13.2 Å². The summed E-state index contributed by atoms with van der Waals surface area (Å²) in [6, 6.07) is 0. The standard InChI is InChI=1S/C7H10F3N/c1-4-6(2,3)11-5-7(8,9)10/h1,11H,5H2,2-3H3. The van der Waals surface area contributed by atoms with Gasteiger partial charge in [0.2, 0.25) is 0 Å². The molecule has 0 fully saturated rings. The molecule has 0 bridgehead atoms. The Hall–Kier alpha value is -0.690. The molecule has 4 heteroatoms. The monoisotopic (exact) mass is 165 g/mol. The number of hydrogen-bond acceptors (Lipinski definition) is 1. The van der Waals surface area contributed by atoms with E-state index in [4.69, 9.17) is 6.42 Å². The van der Waals surface area contributed by atoms with Gasteiger partial charge in [-0.1, -0.05) is 5.92 Å². The van der Waals surface area contributed by atoms with Crippen LogP contribution in [0.3, 0.4) is 0 Å². The van der Waals surface area contributed by atoms with Crippen molar-refractivity contribution in [3.63, 3.8) is 0 Å². The molecule has 0 aromatic rings. The Morgan fingerprint density at radius 1 is 1.36 bits per heavy atom. The van der Waals surface area contributed by atoms with Gasteiger partial charge in [0.25, 0.3) is 0 Å². The molecular weight excluding hydrogens is 155 g/mol. The number of halogens is 3. The van der Waals surface area contributed by atoms with Crippen molar-refractivity contribution in [1.82, 2.24) is 5.32 Å². The third-order valence-electron chi connectivity index (χ3n) is 1.09. The molecule has 1 nitrogen and oxygen atoms in total. The molecular formula is C7H10F3N. The molecule has 0 aliphatic heterocycles. The van der Waals surface area contributed by atoms with Crippen molar-refractivity contribution in [1.29, 1.82) is 0 Å². The zero-order valence-corrected chi connectivity index (χ0v) is 6.42. The van der Waals surface area contributed by atoms with Crippen LogP contribution in [0.1, 0.15) is 13.8 Å². The molecule has 0 aromatic carbocycles. The van der Waals surface area contributed by atoms with Crippen LogP contribution in [0.15, 0.2) is 0 Å². The van der Waals surface area contributed by atoms with Crippen molar-refractivity contribution < 1.29 is 13.2 Å². The molecule has 0 amide bonds. The SMILES string of the molecule is C#CC(C)(C)NCC(F)(F)F. The number of alkyl halides is 3. The minimum atomic E-state index is -4.20. The molecule has 0 saturated heterocycles. The van der Waals surface area contributed by atoms with Crippen molar-refractivity contribution >= 4 is 0 Å². The Morgan fingerprint density at radius 2 is 1.82 bits per heavy atom. The first-order valence-corrected chi connectivity index (χ1v) is 3.06. The summed E-state index contributed by atoms with van der Waals surface area (Å²) in [5.74, 6) is 2.20. The molecule has 0 radical (unpaired) electrons. The molecule has 64 valence electrons. The Morgan fingerprint density at radius 3 is 2.09 bits per heavy atom. The zero-order chi connectivity index (χ0) is 9.12. The smallest absolute Gasteiger partial charge is 0.293 e. The van der Waals surface area contributed by atoms with Crippen molar-refractivity contribution in [3.8, 4) is 12.3 Å². The minimum absolute atomic E-state index is 0.893. The topological polar surface area (TPSA) is 12.0 Å². The molecule has 0 heterocycles. The van der Waals surface area contributed by atoms with Crippen LogP contribution in [0.4, 0.5) is 13.2 Å². The first kappa shape index (κ1) is 10.3. The average Bonchev–Trinajstić information content (AvgIpc) is 1.83. The third kappa shape index (κ3) is 5.74. The van der Waals surface area contributed by atoms with E-state index in [0.29, 0.717) is 0 Å². The summed E-state index contributed by atoms with van der Waals surface area (Å²) in [5.41, 5.74) is -0.893. The van der Waals surface area contributed by atoms with Gasteiger partial charge >= 0.3 is 6.18 Å². The highest BCUT2D eigenvalue weighted by molar-refractivity contribution is 5.07. The number of rotatable bonds is 2. The van der Waals surface area contributed by atoms with Crippen molar-refractivity contribution in [3.05, 3.63) is 0 Å². The van der Waals surface area contributed by atoms with Gasteiger partial charge in [-0.05, 0) is 13.8 Å². The normalized spacial score (nSPS) is 12.7. The van der Waals surface area contributed by atoms with E-state index in [9.17, 15) is 13.2 Å². The largest absolute Gasteiger partial charge is 0.401 e. The summed E-state index contributed by atoms with van der Waals surface area (Å²) in [5, 5.41) is 2.19.